The average molecular weight is 589 g/mol. The van der Waals surface area contributed by atoms with E-state index in [4.69, 9.17) is 15.0 Å². The average Bonchev–Trinajstić information content (AvgIpc) is 3.65. The monoisotopic (exact) mass is 588 g/mol. The molecule has 214 valence electrons. The van der Waals surface area contributed by atoms with Gasteiger partial charge in [-0.2, -0.15) is 15.2 Å². The van der Waals surface area contributed by atoms with Crippen molar-refractivity contribution >= 4 is 43.6 Å². The summed E-state index contributed by atoms with van der Waals surface area (Å²) >= 11 is 0. The van der Waals surface area contributed by atoms with Crippen molar-refractivity contribution in [3.8, 4) is 40.5 Å². The molecule has 0 amide bonds. The highest BCUT2D eigenvalue weighted by Gasteiger charge is 2.23. The Morgan fingerprint density at radius 3 is 1.74 bits per heavy atom. The fraction of sp³-hybridized carbons (Fsp3) is 0. The number of hydrogen-bond donors (Lipinski definition) is 0. The molecule has 0 spiro atoms. The SMILES string of the molecule is N#Cc1ccc(-c2nc(-c3ccccc3)nc(-n3c4ccccc4c4ccc5c(c6ccccc6n5-c5ccccc5)c43)n2)cc1. The lowest BCUT2D eigenvalue weighted by Gasteiger charge is -2.12. The van der Waals surface area contributed by atoms with Gasteiger partial charge in [0.15, 0.2) is 11.6 Å². The highest BCUT2D eigenvalue weighted by atomic mass is 15.2. The molecular weight excluding hydrogens is 564 g/mol. The van der Waals surface area contributed by atoms with Gasteiger partial charge in [0, 0.05) is 38.4 Å². The Labute approximate surface area is 264 Å². The van der Waals surface area contributed by atoms with Gasteiger partial charge in [-0.25, -0.2) is 4.98 Å². The molecule has 0 aliphatic rings. The van der Waals surface area contributed by atoms with E-state index in [1.807, 2.05) is 48.5 Å². The van der Waals surface area contributed by atoms with Gasteiger partial charge in [0.25, 0.3) is 0 Å². The van der Waals surface area contributed by atoms with Gasteiger partial charge < -0.3 is 4.57 Å². The first-order chi connectivity index (χ1) is 22.8. The third-order valence-electron chi connectivity index (χ3n) is 8.61. The van der Waals surface area contributed by atoms with E-state index in [1.54, 1.807) is 12.1 Å². The topological polar surface area (TPSA) is 72.3 Å². The van der Waals surface area contributed by atoms with Crippen molar-refractivity contribution in [1.82, 2.24) is 24.1 Å². The smallest absolute Gasteiger partial charge is 0.238 e. The first-order valence-corrected chi connectivity index (χ1v) is 15.1. The Bertz CT molecular complexity index is 2630. The minimum atomic E-state index is 0.531. The van der Waals surface area contributed by atoms with E-state index >= 15 is 0 Å². The van der Waals surface area contributed by atoms with E-state index in [9.17, 15) is 5.26 Å². The van der Waals surface area contributed by atoms with Gasteiger partial charge in [0.1, 0.15) is 0 Å². The van der Waals surface area contributed by atoms with E-state index in [0.717, 1.165) is 60.4 Å². The molecule has 0 aliphatic carbocycles. The lowest BCUT2D eigenvalue weighted by molar-refractivity contribution is 0.955. The van der Waals surface area contributed by atoms with Crippen LogP contribution >= 0.6 is 0 Å². The number of fused-ring (bicyclic) bond motifs is 7. The number of rotatable bonds is 4. The van der Waals surface area contributed by atoms with E-state index in [0.29, 0.717) is 23.2 Å². The molecule has 46 heavy (non-hydrogen) atoms. The predicted molar refractivity (Wildman–Crippen MR) is 184 cm³/mol. The summed E-state index contributed by atoms with van der Waals surface area (Å²) in [5, 5.41) is 13.9. The molecule has 6 heteroatoms. The summed E-state index contributed by atoms with van der Waals surface area (Å²) in [5.74, 6) is 1.65. The summed E-state index contributed by atoms with van der Waals surface area (Å²) in [5.41, 5.74) is 7.68. The zero-order chi connectivity index (χ0) is 30.6. The van der Waals surface area contributed by atoms with Crippen molar-refractivity contribution in [2.75, 3.05) is 0 Å². The summed E-state index contributed by atoms with van der Waals surface area (Å²) in [6.07, 6.45) is 0. The Morgan fingerprint density at radius 1 is 0.457 bits per heavy atom. The maximum atomic E-state index is 9.40. The zero-order valence-corrected chi connectivity index (χ0v) is 24.5. The fourth-order valence-corrected chi connectivity index (χ4v) is 6.58. The number of para-hydroxylation sites is 3. The van der Waals surface area contributed by atoms with Gasteiger partial charge in [0.2, 0.25) is 5.95 Å². The van der Waals surface area contributed by atoms with Gasteiger partial charge in [-0.05, 0) is 54.6 Å². The molecule has 3 heterocycles. The Hall–Kier alpha value is -6.58. The molecule has 0 N–H and O–H groups in total. The lowest BCUT2D eigenvalue weighted by Crippen LogP contribution is -2.06. The quantitative estimate of drug-likeness (QED) is 0.205. The van der Waals surface area contributed by atoms with Crippen LogP contribution in [0.4, 0.5) is 0 Å². The summed E-state index contributed by atoms with van der Waals surface area (Å²) in [6, 6.07) is 51.5. The van der Waals surface area contributed by atoms with Crippen molar-refractivity contribution in [3.63, 3.8) is 0 Å². The van der Waals surface area contributed by atoms with Gasteiger partial charge in [0.05, 0.1) is 33.7 Å². The third kappa shape index (κ3) is 3.93. The Morgan fingerprint density at radius 2 is 1.04 bits per heavy atom. The molecule has 0 atom stereocenters. The second kappa shape index (κ2) is 10.3. The highest BCUT2D eigenvalue weighted by molar-refractivity contribution is 6.26. The molecule has 6 aromatic carbocycles. The number of nitrogens with zero attached hydrogens (tertiary/aromatic N) is 6. The molecule has 6 nitrogen and oxygen atoms in total. The summed E-state index contributed by atoms with van der Waals surface area (Å²) < 4.78 is 4.52. The first kappa shape index (κ1) is 25.9. The molecule has 3 aromatic heterocycles. The second-order valence-corrected chi connectivity index (χ2v) is 11.2. The van der Waals surface area contributed by atoms with Crippen molar-refractivity contribution in [2.45, 2.75) is 0 Å². The minimum Gasteiger partial charge on any atom is -0.309 e. The molecule has 0 saturated heterocycles. The molecule has 9 rings (SSSR count). The first-order valence-electron chi connectivity index (χ1n) is 15.1. The van der Waals surface area contributed by atoms with Crippen molar-refractivity contribution in [2.24, 2.45) is 0 Å². The van der Waals surface area contributed by atoms with E-state index < -0.39 is 0 Å². The number of aromatic nitrogens is 5. The Balaban J connectivity index is 1.43. The number of hydrogen-bond acceptors (Lipinski definition) is 4. The van der Waals surface area contributed by atoms with Crippen LogP contribution in [-0.2, 0) is 0 Å². The van der Waals surface area contributed by atoms with Crippen LogP contribution in [0.2, 0.25) is 0 Å². The molecule has 0 fully saturated rings. The highest BCUT2D eigenvalue weighted by Crippen LogP contribution is 2.41. The van der Waals surface area contributed by atoms with Crippen LogP contribution in [0.25, 0.3) is 78.0 Å². The largest absolute Gasteiger partial charge is 0.309 e. The summed E-state index contributed by atoms with van der Waals surface area (Å²) in [7, 11) is 0. The van der Waals surface area contributed by atoms with Crippen LogP contribution in [0.15, 0.2) is 146 Å². The predicted octanol–water partition coefficient (Wildman–Crippen LogP) is 9.27. The van der Waals surface area contributed by atoms with Gasteiger partial charge in [-0.1, -0.05) is 91.0 Å². The maximum Gasteiger partial charge on any atom is 0.238 e. The van der Waals surface area contributed by atoms with E-state index in [1.165, 1.54) is 0 Å². The molecule has 0 bridgehead atoms. The van der Waals surface area contributed by atoms with Gasteiger partial charge in [-0.15, -0.1) is 0 Å². The van der Waals surface area contributed by atoms with Crippen LogP contribution in [0, 0.1) is 11.3 Å². The number of benzene rings is 6. The van der Waals surface area contributed by atoms with Crippen LogP contribution in [0.5, 0.6) is 0 Å². The van der Waals surface area contributed by atoms with Crippen molar-refractivity contribution in [3.05, 3.63) is 151 Å². The third-order valence-corrected chi connectivity index (χ3v) is 8.61. The molecule has 0 unspecified atom stereocenters. The second-order valence-electron chi connectivity index (χ2n) is 11.2. The van der Waals surface area contributed by atoms with Crippen LogP contribution in [0.3, 0.4) is 0 Å². The standard InChI is InChI=1S/C40H24N6/c41-25-26-19-21-28(22-20-26)39-42-38(27-11-3-1-4-12-27)43-40(44-39)46-33-17-9-7-15-30(33)31-23-24-35-36(37(31)46)32-16-8-10-18-34(32)45(35)29-13-5-2-6-14-29/h1-24H. The molecule has 0 saturated carbocycles. The zero-order valence-electron chi connectivity index (χ0n) is 24.5. The Kier molecular flexibility index (Phi) is 5.77. The fourth-order valence-electron chi connectivity index (χ4n) is 6.58. The van der Waals surface area contributed by atoms with Gasteiger partial charge >= 0.3 is 0 Å². The normalized spacial score (nSPS) is 11.5. The number of nitriles is 1. The van der Waals surface area contributed by atoms with Crippen LogP contribution in [0.1, 0.15) is 5.56 Å². The van der Waals surface area contributed by atoms with E-state index in [2.05, 4.69) is 100 Å². The summed E-state index contributed by atoms with van der Waals surface area (Å²) in [4.78, 5) is 15.2. The maximum absolute atomic E-state index is 9.40. The van der Waals surface area contributed by atoms with Crippen molar-refractivity contribution in [1.29, 1.82) is 5.26 Å². The van der Waals surface area contributed by atoms with Crippen LogP contribution < -0.4 is 0 Å². The van der Waals surface area contributed by atoms with Crippen LogP contribution in [-0.4, -0.2) is 24.1 Å². The van der Waals surface area contributed by atoms with Gasteiger partial charge in [-0.3, -0.25) is 4.57 Å². The molecule has 9 aromatic rings. The molecule has 0 radical (unpaired) electrons. The molecular formula is C40H24N6. The summed E-state index contributed by atoms with van der Waals surface area (Å²) in [6.45, 7) is 0. The molecule has 0 aliphatic heterocycles. The van der Waals surface area contributed by atoms with E-state index in [-0.39, 0.29) is 0 Å². The lowest BCUT2D eigenvalue weighted by atomic mass is 10.1. The van der Waals surface area contributed by atoms with Crippen molar-refractivity contribution < 1.29 is 0 Å². The minimum absolute atomic E-state index is 0.531.